The highest BCUT2D eigenvalue weighted by Crippen LogP contribution is 2.21. The molecule has 1 fully saturated rings. The van der Waals surface area contributed by atoms with Gasteiger partial charge in [-0.15, -0.1) is 0 Å². The van der Waals surface area contributed by atoms with Crippen molar-refractivity contribution in [1.29, 1.82) is 0 Å². The molecule has 3 amide bonds. The van der Waals surface area contributed by atoms with E-state index in [2.05, 4.69) is 10.6 Å². The van der Waals surface area contributed by atoms with Crippen molar-refractivity contribution in [1.82, 2.24) is 15.5 Å². The SMILES string of the molecule is CCC(C)C(N)C(=O)N1CCCC1C(=O)NC(Cc1ccccc1)C(=O)NC(CC(=O)O)C(=O)O. The molecule has 0 bridgehead atoms. The van der Waals surface area contributed by atoms with Crippen LogP contribution in [-0.4, -0.2) is 75.5 Å². The molecule has 5 unspecified atom stereocenters. The second kappa shape index (κ2) is 12.8. The highest BCUT2D eigenvalue weighted by molar-refractivity contribution is 5.95. The highest BCUT2D eigenvalue weighted by Gasteiger charge is 2.39. The highest BCUT2D eigenvalue weighted by atomic mass is 16.4. The molecule has 1 aliphatic heterocycles. The van der Waals surface area contributed by atoms with E-state index in [0.29, 0.717) is 31.4 Å². The van der Waals surface area contributed by atoms with E-state index in [1.54, 1.807) is 30.3 Å². The maximum atomic E-state index is 13.2. The van der Waals surface area contributed by atoms with Crippen molar-refractivity contribution in [2.45, 2.75) is 70.1 Å². The van der Waals surface area contributed by atoms with Gasteiger partial charge in [-0.05, 0) is 24.3 Å². The molecular formula is C24H34N4O7. The summed E-state index contributed by atoms with van der Waals surface area (Å²) >= 11 is 0. The molecule has 1 saturated heterocycles. The average molecular weight is 491 g/mol. The number of carboxylic acids is 2. The number of rotatable bonds is 12. The number of benzene rings is 1. The fourth-order valence-corrected chi connectivity index (χ4v) is 3.97. The Morgan fingerprint density at radius 1 is 1.09 bits per heavy atom. The van der Waals surface area contributed by atoms with Crippen LogP contribution in [0.4, 0.5) is 0 Å². The number of nitrogens with one attached hydrogen (secondary N) is 2. The van der Waals surface area contributed by atoms with E-state index < -0.39 is 54.3 Å². The molecule has 0 aliphatic carbocycles. The Hall–Kier alpha value is -3.47. The molecule has 1 heterocycles. The van der Waals surface area contributed by atoms with Crippen LogP contribution in [0, 0.1) is 5.92 Å². The summed E-state index contributed by atoms with van der Waals surface area (Å²) in [6, 6.07) is 4.39. The molecule has 0 radical (unpaired) electrons. The Kier molecular flexibility index (Phi) is 10.2. The van der Waals surface area contributed by atoms with Gasteiger partial charge in [0, 0.05) is 13.0 Å². The van der Waals surface area contributed by atoms with Crippen molar-refractivity contribution in [3.63, 3.8) is 0 Å². The molecule has 11 heteroatoms. The van der Waals surface area contributed by atoms with Crippen molar-refractivity contribution >= 4 is 29.7 Å². The summed E-state index contributed by atoms with van der Waals surface area (Å²) in [6.45, 7) is 4.16. The van der Waals surface area contributed by atoms with Gasteiger partial charge in [0.15, 0.2) is 0 Å². The van der Waals surface area contributed by atoms with Crippen LogP contribution in [0.25, 0.3) is 0 Å². The van der Waals surface area contributed by atoms with Crippen molar-refractivity contribution in [3.8, 4) is 0 Å². The largest absolute Gasteiger partial charge is 0.481 e. The average Bonchev–Trinajstić information content (AvgIpc) is 3.32. The van der Waals surface area contributed by atoms with Crippen LogP contribution in [0.15, 0.2) is 30.3 Å². The lowest BCUT2D eigenvalue weighted by Gasteiger charge is -2.30. The maximum Gasteiger partial charge on any atom is 0.326 e. The monoisotopic (exact) mass is 490 g/mol. The quantitative estimate of drug-likeness (QED) is 0.274. The molecule has 1 aromatic rings. The predicted octanol–water partition coefficient (Wildman–Crippen LogP) is 0.122. The number of carbonyl (C=O) groups is 5. The first-order valence-corrected chi connectivity index (χ1v) is 11.7. The fraction of sp³-hybridized carbons (Fsp3) is 0.542. The molecule has 35 heavy (non-hydrogen) atoms. The van der Waals surface area contributed by atoms with Gasteiger partial charge < -0.3 is 31.5 Å². The van der Waals surface area contributed by atoms with E-state index in [4.69, 9.17) is 10.8 Å². The number of amides is 3. The number of nitrogens with two attached hydrogens (primary N) is 1. The van der Waals surface area contributed by atoms with Crippen LogP contribution in [-0.2, 0) is 30.4 Å². The molecule has 0 saturated carbocycles. The number of carboxylic acid groups (broad SMARTS) is 2. The first-order chi connectivity index (χ1) is 16.5. The fourth-order valence-electron chi connectivity index (χ4n) is 3.97. The van der Waals surface area contributed by atoms with E-state index in [1.165, 1.54) is 4.90 Å². The molecule has 5 atom stereocenters. The lowest BCUT2D eigenvalue weighted by Crippen LogP contribution is -2.57. The van der Waals surface area contributed by atoms with Crippen molar-refractivity contribution in [2.75, 3.05) is 6.54 Å². The number of carbonyl (C=O) groups excluding carboxylic acids is 3. The maximum absolute atomic E-state index is 13.2. The first kappa shape index (κ1) is 27.8. The number of hydrogen-bond acceptors (Lipinski definition) is 6. The summed E-state index contributed by atoms with van der Waals surface area (Å²) in [6.07, 6.45) is 0.946. The Labute approximate surface area is 204 Å². The first-order valence-electron chi connectivity index (χ1n) is 11.7. The van der Waals surface area contributed by atoms with Crippen molar-refractivity contribution < 1.29 is 34.2 Å². The van der Waals surface area contributed by atoms with Gasteiger partial charge in [-0.1, -0.05) is 50.6 Å². The van der Waals surface area contributed by atoms with Crippen LogP contribution in [0.3, 0.4) is 0 Å². The minimum absolute atomic E-state index is 0.0465. The number of hydrogen-bond donors (Lipinski definition) is 5. The predicted molar refractivity (Wildman–Crippen MR) is 126 cm³/mol. The summed E-state index contributed by atoms with van der Waals surface area (Å²) in [7, 11) is 0. The van der Waals surface area contributed by atoms with Gasteiger partial charge >= 0.3 is 11.9 Å². The third-order valence-corrected chi connectivity index (χ3v) is 6.29. The van der Waals surface area contributed by atoms with Crippen molar-refractivity contribution in [3.05, 3.63) is 35.9 Å². The molecule has 6 N–H and O–H groups in total. The molecule has 0 aromatic heterocycles. The zero-order valence-electron chi connectivity index (χ0n) is 20.0. The van der Waals surface area contributed by atoms with E-state index >= 15 is 0 Å². The van der Waals surface area contributed by atoms with Gasteiger partial charge in [0.2, 0.25) is 17.7 Å². The lowest BCUT2D eigenvalue weighted by atomic mass is 9.98. The number of likely N-dealkylation sites (tertiary alicyclic amines) is 1. The minimum Gasteiger partial charge on any atom is -0.481 e. The Morgan fingerprint density at radius 3 is 2.31 bits per heavy atom. The molecule has 0 spiro atoms. The summed E-state index contributed by atoms with van der Waals surface area (Å²) in [5.74, 6) is -4.66. The third kappa shape index (κ3) is 7.78. The number of aliphatic carboxylic acids is 2. The molecule has 1 aliphatic rings. The standard InChI is InChI=1S/C24H34N4O7/c1-3-14(2)20(25)23(33)28-11-7-10-18(28)22(32)26-16(12-15-8-5-4-6-9-15)21(31)27-17(24(34)35)13-19(29)30/h4-6,8-9,14,16-18,20H,3,7,10-13,25H2,1-2H3,(H,26,32)(H,27,31)(H,29,30)(H,34,35). The zero-order valence-corrected chi connectivity index (χ0v) is 20.0. The molecule has 2 rings (SSSR count). The van der Waals surface area contributed by atoms with E-state index in [-0.39, 0.29) is 18.2 Å². The van der Waals surface area contributed by atoms with Gasteiger partial charge in [-0.2, -0.15) is 0 Å². The van der Waals surface area contributed by atoms with Crippen LogP contribution < -0.4 is 16.4 Å². The van der Waals surface area contributed by atoms with E-state index in [0.717, 1.165) is 0 Å². The Morgan fingerprint density at radius 2 is 1.74 bits per heavy atom. The smallest absolute Gasteiger partial charge is 0.326 e. The van der Waals surface area contributed by atoms with Crippen LogP contribution in [0.5, 0.6) is 0 Å². The van der Waals surface area contributed by atoms with E-state index in [9.17, 15) is 29.1 Å². The topological polar surface area (TPSA) is 179 Å². The summed E-state index contributed by atoms with van der Waals surface area (Å²) in [4.78, 5) is 62.9. The van der Waals surface area contributed by atoms with Crippen LogP contribution in [0.1, 0.15) is 45.1 Å². The van der Waals surface area contributed by atoms with Gasteiger partial charge in [0.1, 0.15) is 18.1 Å². The zero-order chi connectivity index (χ0) is 26.1. The van der Waals surface area contributed by atoms with Crippen LogP contribution in [0.2, 0.25) is 0 Å². The summed E-state index contributed by atoms with van der Waals surface area (Å²) in [5, 5.41) is 23.1. The van der Waals surface area contributed by atoms with Gasteiger partial charge in [-0.3, -0.25) is 19.2 Å². The van der Waals surface area contributed by atoms with Crippen molar-refractivity contribution in [2.24, 2.45) is 11.7 Å². The molecule has 11 nitrogen and oxygen atoms in total. The molecule has 1 aromatic carbocycles. The third-order valence-electron chi connectivity index (χ3n) is 6.29. The molecular weight excluding hydrogens is 456 g/mol. The van der Waals surface area contributed by atoms with Crippen LogP contribution >= 0.6 is 0 Å². The second-order valence-corrected chi connectivity index (χ2v) is 8.85. The number of nitrogens with zero attached hydrogens (tertiary/aromatic N) is 1. The second-order valence-electron chi connectivity index (χ2n) is 8.85. The lowest BCUT2D eigenvalue weighted by molar-refractivity contribution is -0.147. The van der Waals surface area contributed by atoms with E-state index in [1.807, 2.05) is 13.8 Å². The Bertz CT molecular complexity index is 924. The van der Waals surface area contributed by atoms with Gasteiger partial charge in [-0.25, -0.2) is 4.79 Å². The Balaban J connectivity index is 2.20. The normalized spacial score (nSPS) is 18.7. The summed E-state index contributed by atoms with van der Waals surface area (Å²) in [5.41, 5.74) is 6.80. The van der Waals surface area contributed by atoms with Gasteiger partial charge in [0.25, 0.3) is 0 Å². The van der Waals surface area contributed by atoms with Gasteiger partial charge in [0.05, 0.1) is 12.5 Å². The minimum atomic E-state index is -1.66. The molecule has 192 valence electrons. The summed E-state index contributed by atoms with van der Waals surface area (Å²) < 4.78 is 0.